The molecule has 1 saturated heterocycles. The third-order valence-corrected chi connectivity index (χ3v) is 5.00. The van der Waals surface area contributed by atoms with Crippen LogP contribution in [-0.2, 0) is 11.2 Å². The minimum absolute atomic E-state index is 0.0400. The molecule has 1 aliphatic heterocycles. The number of hydrogen-bond donors (Lipinski definition) is 3. The summed E-state index contributed by atoms with van der Waals surface area (Å²) < 4.78 is 0. The van der Waals surface area contributed by atoms with Gasteiger partial charge in [-0.3, -0.25) is 14.5 Å². The molecular formula is C23H28N4O3. The van der Waals surface area contributed by atoms with E-state index in [4.69, 9.17) is 0 Å². The van der Waals surface area contributed by atoms with Gasteiger partial charge in [-0.2, -0.15) is 0 Å². The summed E-state index contributed by atoms with van der Waals surface area (Å²) in [6.07, 6.45) is 1.55. The number of carbonyl (C=O) groups is 3. The molecule has 1 aliphatic rings. The molecule has 3 rings (SSSR count). The van der Waals surface area contributed by atoms with Gasteiger partial charge in [-0.15, -0.1) is 0 Å². The number of carbonyl (C=O) groups excluding carboxylic acids is 3. The van der Waals surface area contributed by atoms with Crippen LogP contribution in [0.25, 0.3) is 0 Å². The Kier molecular flexibility index (Phi) is 7.57. The second kappa shape index (κ2) is 10.5. The first kappa shape index (κ1) is 21.5. The fourth-order valence-electron chi connectivity index (χ4n) is 3.58. The van der Waals surface area contributed by atoms with Crippen molar-refractivity contribution in [3.05, 3.63) is 65.7 Å². The van der Waals surface area contributed by atoms with Crippen LogP contribution in [0.2, 0.25) is 0 Å². The fourth-order valence-corrected chi connectivity index (χ4v) is 3.58. The van der Waals surface area contributed by atoms with Crippen LogP contribution in [0.5, 0.6) is 0 Å². The third kappa shape index (κ3) is 6.70. The van der Waals surface area contributed by atoms with Crippen LogP contribution in [0.1, 0.15) is 29.3 Å². The van der Waals surface area contributed by atoms with Crippen molar-refractivity contribution in [2.24, 2.45) is 0 Å². The largest absolute Gasteiger partial charge is 0.351 e. The quantitative estimate of drug-likeness (QED) is 0.462. The highest BCUT2D eigenvalue weighted by molar-refractivity contribution is 5.96. The van der Waals surface area contributed by atoms with Crippen LogP contribution >= 0.6 is 0 Å². The Morgan fingerprint density at radius 1 is 1.13 bits per heavy atom. The van der Waals surface area contributed by atoms with Crippen LogP contribution in [0, 0.1) is 0 Å². The van der Waals surface area contributed by atoms with Crippen LogP contribution < -0.4 is 16.0 Å². The predicted molar refractivity (Wildman–Crippen MR) is 117 cm³/mol. The average Bonchev–Trinajstić information content (AvgIpc) is 2.72. The van der Waals surface area contributed by atoms with Gasteiger partial charge in [0.15, 0.2) is 5.78 Å². The molecule has 1 heterocycles. The number of piperazine rings is 1. The van der Waals surface area contributed by atoms with Crippen molar-refractivity contribution in [1.82, 2.24) is 15.5 Å². The third-order valence-electron chi connectivity index (χ3n) is 5.00. The van der Waals surface area contributed by atoms with Crippen molar-refractivity contribution < 1.29 is 14.4 Å². The summed E-state index contributed by atoms with van der Waals surface area (Å²) in [5, 5.41) is 8.62. The zero-order valence-electron chi connectivity index (χ0n) is 17.2. The lowest BCUT2D eigenvalue weighted by Crippen LogP contribution is -2.55. The van der Waals surface area contributed by atoms with E-state index in [1.165, 1.54) is 12.5 Å². The zero-order valence-corrected chi connectivity index (χ0v) is 17.2. The molecule has 0 aromatic heterocycles. The first-order chi connectivity index (χ1) is 14.5. The maximum absolute atomic E-state index is 12.1. The van der Waals surface area contributed by atoms with E-state index in [-0.39, 0.29) is 23.8 Å². The van der Waals surface area contributed by atoms with E-state index in [9.17, 15) is 14.4 Å². The number of benzene rings is 2. The summed E-state index contributed by atoms with van der Waals surface area (Å²) in [5.74, 6) is -0.00608. The Morgan fingerprint density at radius 3 is 2.70 bits per heavy atom. The van der Waals surface area contributed by atoms with Crippen LogP contribution in [0.3, 0.4) is 0 Å². The minimum Gasteiger partial charge on any atom is -0.351 e. The van der Waals surface area contributed by atoms with E-state index in [1.54, 1.807) is 24.3 Å². The van der Waals surface area contributed by atoms with E-state index < -0.39 is 0 Å². The second-order valence-corrected chi connectivity index (χ2v) is 7.56. The van der Waals surface area contributed by atoms with Gasteiger partial charge in [-0.1, -0.05) is 42.5 Å². The number of nitrogens with zero attached hydrogens (tertiary/aromatic N) is 1. The van der Waals surface area contributed by atoms with E-state index in [1.807, 2.05) is 18.2 Å². The van der Waals surface area contributed by atoms with E-state index in [0.29, 0.717) is 24.3 Å². The van der Waals surface area contributed by atoms with E-state index in [0.717, 1.165) is 25.9 Å². The van der Waals surface area contributed by atoms with E-state index in [2.05, 4.69) is 33.0 Å². The van der Waals surface area contributed by atoms with Gasteiger partial charge in [-0.25, -0.2) is 4.79 Å². The minimum atomic E-state index is -0.311. The van der Waals surface area contributed by atoms with Crippen LogP contribution in [-0.4, -0.2) is 54.8 Å². The lowest BCUT2D eigenvalue weighted by atomic mass is 10.0. The highest BCUT2D eigenvalue weighted by atomic mass is 16.2. The summed E-state index contributed by atoms with van der Waals surface area (Å²) in [7, 11) is 0. The highest BCUT2D eigenvalue weighted by Crippen LogP contribution is 2.11. The number of amides is 3. The van der Waals surface area contributed by atoms with Crippen LogP contribution in [0.4, 0.5) is 10.5 Å². The monoisotopic (exact) mass is 408 g/mol. The summed E-state index contributed by atoms with van der Waals surface area (Å²) >= 11 is 0. The molecule has 7 heteroatoms. The number of ketones is 1. The van der Waals surface area contributed by atoms with Gasteiger partial charge in [0.05, 0.1) is 6.54 Å². The van der Waals surface area contributed by atoms with Gasteiger partial charge in [0.1, 0.15) is 0 Å². The Balaban J connectivity index is 1.39. The van der Waals surface area contributed by atoms with Crippen LogP contribution in [0.15, 0.2) is 54.6 Å². The molecule has 158 valence electrons. The first-order valence-electron chi connectivity index (χ1n) is 10.2. The molecule has 0 radical (unpaired) electrons. The Hall–Kier alpha value is -3.19. The average molecular weight is 409 g/mol. The molecule has 1 unspecified atom stereocenters. The lowest BCUT2D eigenvalue weighted by Gasteiger charge is -2.33. The number of nitrogens with one attached hydrogen (secondary N) is 3. The molecule has 2 aromatic rings. The first-order valence-corrected chi connectivity index (χ1v) is 10.2. The van der Waals surface area contributed by atoms with Gasteiger partial charge in [0, 0.05) is 36.9 Å². The normalized spacial score (nSPS) is 16.6. The molecule has 0 bridgehead atoms. The lowest BCUT2D eigenvalue weighted by molar-refractivity contribution is -0.125. The van der Waals surface area contributed by atoms with E-state index >= 15 is 0 Å². The number of rotatable bonds is 8. The molecule has 3 amide bonds. The van der Waals surface area contributed by atoms with Gasteiger partial charge in [0.25, 0.3) is 0 Å². The molecule has 1 fully saturated rings. The Bertz CT molecular complexity index is 885. The van der Waals surface area contributed by atoms with Crippen molar-refractivity contribution in [3.8, 4) is 0 Å². The SMILES string of the molecule is CC(=O)c1cccc(NC(=O)NCCCN2CC(=O)NC(Cc3ccccc3)C2)c1. The molecule has 0 aliphatic carbocycles. The molecule has 3 N–H and O–H groups in total. The smallest absolute Gasteiger partial charge is 0.319 e. The maximum Gasteiger partial charge on any atom is 0.319 e. The summed E-state index contributed by atoms with van der Waals surface area (Å²) in [5.41, 5.74) is 2.34. The number of hydrogen-bond acceptors (Lipinski definition) is 4. The predicted octanol–water partition coefficient (Wildman–Crippen LogP) is 2.44. The topological polar surface area (TPSA) is 90.5 Å². The van der Waals surface area contributed by atoms with Crippen molar-refractivity contribution >= 4 is 23.4 Å². The Morgan fingerprint density at radius 2 is 1.93 bits per heavy atom. The van der Waals surface area contributed by atoms with Crippen molar-refractivity contribution in [1.29, 1.82) is 0 Å². The molecule has 30 heavy (non-hydrogen) atoms. The highest BCUT2D eigenvalue weighted by Gasteiger charge is 2.24. The Labute approximate surface area is 176 Å². The van der Waals surface area contributed by atoms with Crippen molar-refractivity contribution in [3.63, 3.8) is 0 Å². The molecular weight excluding hydrogens is 380 g/mol. The molecule has 0 spiro atoms. The molecule has 2 aromatic carbocycles. The summed E-state index contributed by atoms with van der Waals surface area (Å²) in [4.78, 5) is 37.7. The number of anilines is 1. The number of urea groups is 1. The standard InChI is InChI=1S/C23H28N4O3/c1-17(28)19-9-5-10-20(14-19)26-23(30)24-11-6-12-27-15-21(25-22(29)16-27)13-18-7-3-2-4-8-18/h2-5,7-10,14,21H,6,11-13,15-16H2,1H3,(H,25,29)(H2,24,26,30). The number of Topliss-reactive ketones (excluding diaryl/α,β-unsaturated/α-hetero) is 1. The fraction of sp³-hybridized carbons (Fsp3) is 0.348. The molecule has 0 saturated carbocycles. The molecule has 7 nitrogen and oxygen atoms in total. The molecule has 1 atom stereocenters. The van der Waals surface area contributed by atoms with Crippen molar-refractivity contribution in [2.45, 2.75) is 25.8 Å². The summed E-state index contributed by atoms with van der Waals surface area (Å²) in [6, 6.07) is 16.8. The van der Waals surface area contributed by atoms with Gasteiger partial charge < -0.3 is 16.0 Å². The zero-order chi connectivity index (χ0) is 21.3. The van der Waals surface area contributed by atoms with Crippen molar-refractivity contribution in [2.75, 3.05) is 31.5 Å². The van der Waals surface area contributed by atoms with Gasteiger partial charge >= 0.3 is 6.03 Å². The second-order valence-electron chi connectivity index (χ2n) is 7.56. The van der Waals surface area contributed by atoms with Gasteiger partial charge in [0.2, 0.25) is 5.91 Å². The maximum atomic E-state index is 12.1. The van der Waals surface area contributed by atoms with Gasteiger partial charge in [-0.05, 0) is 37.5 Å². The summed E-state index contributed by atoms with van der Waals surface area (Å²) in [6.45, 7) is 3.91.